The quantitative estimate of drug-likeness (QED) is 0.701. The summed E-state index contributed by atoms with van der Waals surface area (Å²) in [5, 5.41) is 3.08. The highest BCUT2D eigenvalue weighted by atomic mass is 16.4. The third-order valence-corrected chi connectivity index (χ3v) is 5.25. The van der Waals surface area contributed by atoms with Crippen LogP contribution in [0.4, 0.5) is 0 Å². The number of nitrogens with one attached hydrogen (secondary N) is 1. The van der Waals surface area contributed by atoms with Crippen LogP contribution in [-0.2, 0) is 0 Å². The lowest BCUT2D eigenvalue weighted by atomic mass is 10.1. The van der Waals surface area contributed by atoms with Crippen LogP contribution in [0.1, 0.15) is 40.7 Å². The molecule has 1 unspecified atom stereocenters. The fraction of sp³-hybridized carbons (Fsp3) is 0.304. The number of nitrogens with zero attached hydrogens (tertiary/aromatic N) is 2. The largest absolute Gasteiger partial charge is 0.441 e. The number of oxazole rings is 1. The van der Waals surface area contributed by atoms with Crippen LogP contribution in [0.25, 0.3) is 11.5 Å². The molecule has 5 heteroatoms. The van der Waals surface area contributed by atoms with Crippen molar-refractivity contribution in [3.05, 3.63) is 77.7 Å². The second-order valence-electron chi connectivity index (χ2n) is 7.17. The van der Waals surface area contributed by atoms with E-state index in [0.29, 0.717) is 23.9 Å². The molecule has 2 heterocycles. The molecule has 0 bridgehead atoms. The van der Waals surface area contributed by atoms with Gasteiger partial charge in [0.2, 0.25) is 5.89 Å². The zero-order valence-electron chi connectivity index (χ0n) is 16.1. The van der Waals surface area contributed by atoms with Gasteiger partial charge in [-0.25, -0.2) is 4.98 Å². The molecular weight excluding hydrogens is 350 g/mol. The summed E-state index contributed by atoms with van der Waals surface area (Å²) in [5.41, 5.74) is 2.45. The molecule has 1 saturated heterocycles. The number of rotatable bonds is 6. The summed E-state index contributed by atoms with van der Waals surface area (Å²) in [6.07, 6.45) is 2.42. The predicted molar refractivity (Wildman–Crippen MR) is 109 cm³/mol. The fourth-order valence-electron chi connectivity index (χ4n) is 3.77. The van der Waals surface area contributed by atoms with E-state index in [-0.39, 0.29) is 11.9 Å². The van der Waals surface area contributed by atoms with E-state index in [9.17, 15) is 4.79 Å². The van der Waals surface area contributed by atoms with Crippen LogP contribution in [0.3, 0.4) is 0 Å². The normalized spacial score (nSPS) is 15.5. The first kappa shape index (κ1) is 18.4. The molecule has 0 aliphatic carbocycles. The zero-order chi connectivity index (χ0) is 19.3. The summed E-state index contributed by atoms with van der Waals surface area (Å²) < 4.78 is 5.73. The lowest BCUT2D eigenvalue weighted by Gasteiger charge is -2.28. The van der Waals surface area contributed by atoms with Gasteiger partial charge >= 0.3 is 0 Å². The van der Waals surface area contributed by atoms with Gasteiger partial charge in [-0.1, -0.05) is 48.5 Å². The first-order chi connectivity index (χ1) is 13.7. The minimum Gasteiger partial charge on any atom is -0.441 e. The number of benzene rings is 2. The van der Waals surface area contributed by atoms with Crippen molar-refractivity contribution in [1.29, 1.82) is 0 Å². The number of aryl methyl sites for hydroxylation is 1. The second-order valence-corrected chi connectivity index (χ2v) is 7.17. The van der Waals surface area contributed by atoms with Crippen molar-refractivity contribution in [1.82, 2.24) is 15.2 Å². The highest BCUT2D eigenvalue weighted by Gasteiger charge is 2.25. The lowest BCUT2D eigenvalue weighted by molar-refractivity contribution is 0.0932. The molecule has 28 heavy (non-hydrogen) atoms. The van der Waals surface area contributed by atoms with Gasteiger partial charge in [-0.2, -0.15) is 0 Å². The Balaban J connectivity index is 1.49. The molecule has 4 rings (SSSR count). The number of hydrogen-bond donors (Lipinski definition) is 1. The highest BCUT2D eigenvalue weighted by molar-refractivity contribution is 5.93. The Labute approximate surface area is 165 Å². The summed E-state index contributed by atoms with van der Waals surface area (Å²) >= 11 is 0. The number of carbonyl (C=O) groups is 1. The monoisotopic (exact) mass is 375 g/mol. The molecule has 1 N–H and O–H groups in total. The maximum atomic E-state index is 12.8. The van der Waals surface area contributed by atoms with Crippen molar-refractivity contribution < 1.29 is 9.21 Å². The van der Waals surface area contributed by atoms with Gasteiger partial charge in [-0.3, -0.25) is 9.69 Å². The Hall–Kier alpha value is -2.92. The van der Waals surface area contributed by atoms with Crippen LogP contribution in [0.2, 0.25) is 0 Å². The van der Waals surface area contributed by atoms with E-state index in [4.69, 9.17) is 4.42 Å². The number of hydrogen-bond acceptors (Lipinski definition) is 4. The van der Waals surface area contributed by atoms with Gasteiger partial charge in [0.25, 0.3) is 5.91 Å². The third-order valence-electron chi connectivity index (χ3n) is 5.25. The van der Waals surface area contributed by atoms with Gasteiger partial charge in [-0.05, 0) is 50.6 Å². The van der Waals surface area contributed by atoms with Crippen molar-refractivity contribution in [2.75, 3.05) is 19.6 Å². The maximum Gasteiger partial charge on any atom is 0.273 e. The summed E-state index contributed by atoms with van der Waals surface area (Å²) in [5.74, 6) is 0.819. The average molecular weight is 375 g/mol. The summed E-state index contributed by atoms with van der Waals surface area (Å²) in [6, 6.07) is 20.2. The van der Waals surface area contributed by atoms with Crippen molar-refractivity contribution in [3.63, 3.8) is 0 Å². The Kier molecular flexibility index (Phi) is 5.53. The molecular formula is C23H25N3O2. The molecule has 1 amide bonds. The average Bonchev–Trinajstić information content (AvgIpc) is 3.40. The van der Waals surface area contributed by atoms with E-state index in [1.54, 1.807) is 6.92 Å². The van der Waals surface area contributed by atoms with E-state index >= 15 is 0 Å². The van der Waals surface area contributed by atoms with E-state index in [0.717, 1.165) is 18.7 Å². The van der Waals surface area contributed by atoms with E-state index in [1.165, 1.54) is 18.4 Å². The van der Waals surface area contributed by atoms with Crippen LogP contribution in [0, 0.1) is 6.92 Å². The van der Waals surface area contributed by atoms with Crippen LogP contribution in [0.5, 0.6) is 0 Å². The van der Waals surface area contributed by atoms with Crippen LogP contribution >= 0.6 is 0 Å². The van der Waals surface area contributed by atoms with Gasteiger partial charge < -0.3 is 9.73 Å². The van der Waals surface area contributed by atoms with E-state index in [1.807, 2.05) is 48.5 Å². The molecule has 1 aliphatic heterocycles. The third kappa shape index (κ3) is 3.99. The fourth-order valence-corrected chi connectivity index (χ4v) is 3.77. The molecule has 3 aromatic rings. The van der Waals surface area contributed by atoms with Crippen LogP contribution < -0.4 is 5.32 Å². The molecule has 0 spiro atoms. The SMILES string of the molecule is Cc1oc(-c2ccccc2)nc1C(=O)NCC(c1ccccc1)N1CCCC1. The smallest absolute Gasteiger partial charge is 0.273 e. The Bertz CT molecular complexity index is 916. The Morgan fingerprint density at radius 1 is 1.07 bits per heavy atom. The molecule has 0 radical (unpaired) electrons. The molecule has 1 aliphatic rings. The van der Waals surface area contributed by atoms with Crippen LogP contribution in [-0.4, -0.2) is 35.4 Å². The molecule has 2 aromatic carbocycles. The Morgan fingerprint density at radius 2 is 1.71 bits per heavy atom. The van der Waals surface area contributed by atoms with Gasteiger partial charge in [0.05, 0.1) is 6.04 Å². The number of aromatic nitrogens is 1. The van der Waals surface area contributed by atoms with Crippen molar-refractivity contribution in [2.24, 2.45) is 0 Å². The minimum atomic E-state index is -0.191. The summed E-state index contributed by atoms with van der Waals surface area (Å²) in [6.45, 7) is 4.46. The molecule has 5 nitrogen and oxygen atoms in total. The minimum absolute atomic E-state index is 0.174. The molecule has 1 fully saturated rings. The van der Waals surface area contributed by atoms with E-state index in [2.05, 4.69) is 27.3 Å². The number of carbonyl (C=O) groups excluding carboxylic acids is 1. The zero-order valence-corrected chi connectivity index (χ0v) is 16.1. The molecule has 1 atom stereocenters. The summed E-state index contributed by atoms with van der Waals surface area (Å²) in [7, 11) is 0. The predicted octanol–water partition coefficient (Wildman–Crippen LogP) is 4.22. The number of likely N-dealkylation sites (tertiary alicyclic amines) is 1. The first-order valence-corrected chi connectivity index (χ1v) is 9.82. The standard InChI is InChI=1S/C23H25N3O2/c1-17-21(25-23(28-17)19-12-6-3-7-13-19)22(27)24-16-20(26-14-8-9-15-26)18-10-4-2-5-11-18/h2-7,10-13,20H,8-9,14-16H2,1H3,(H,24,27). The van der Waals surface area contributed by atoms with Gasteiger partial charge in [-0.15, -0.1) is 0 Å². The lowest BCUT2D eigenvalue weighted by Crippen LogP contribution is -2.37. The first-order valence-electron chi connectivity index (χ1n) is 9.82. The van der Waals surface area contributed by atoms with Gasteiger partial charge in [0, 0.05) is 12.1 Å². The highest BCUT2D eigenvalue weighted by Crippen LogP contribution is 2.25. The van der Waals surface area contributed by atoms with Crippen molar-refractivity contribution >= 4 is 5.91 Å². The van der Waals surface area contributed by atoms with E-state index < -0.39 is 0 Å². The summed E-state index contributed by atoms with van der Waals surface area (Å²) in [4.78, 5) is 19.7. The number of amides is 1. The van der Waals surface area contributed by atoms with Crippen molar-refractivity contribution in [2.45, 2.75) is 25.8 Å². The Morgan fingerprint density at radius 3 is 2.39 bits per heavy atom. The van der Waals surface area contributed by atoms with Gasteiger partial charge in [0.15, 0.2) is 5.69 Å². The molecule has 0 saturated carbocycles. The molecule has 144 valence electrons. The molecule has 1 aromatic heterocycles. The second kappa shape index (κ2) is 8.40. The van der Waals surface area contributed by atoms with Crippen molar-refractivity contribution in [3.8, 4) is 11.5 Å². The van der Waals surface area contributed by atoms with Crippen LogP contribution in [0.15, 0.2) is 65.1 Å². The van der Waals surface area contributed by atoms with Gasteiger partial charge in [0.1, 0.15) is 5.76 Å². The maximum absolute atomic E-state index is 12.8. The topological polar surface area (TPSA) is 58.4 Å².